The molecule has 1 atom stereocenters. The first-order chi connectivity index (χ1) is 13.0. The maximum Gasteiger partial charge on any atom is 0.243 e. The summed E-state index contributed by atoms with van der Waals surface area (Å²) in [5.41, 5.74) is 0.285. The number of aliphatic hydroxyl groups excluding tert-OH is 1. The second-order valence-corrected chi connectivity index (χ2v) is 8.76. The van der Waals surface area contributed by atoms with Crippen molar-refractivity contribution in [2.45, 2.75) is 75.6 Å². The average molecular weight is 395 g/mol. The zero-order valence-corrected chi connectivity index (χ0v) is 16.4. The Hall–Kier alpha value is -1.17. The number of benzene rings is 1. The molecule has 27 heavy (non-hydrogen) atoms. The summed E-state index contributed by atoms with van der Waals surface area (Å²) in [5, 5.41) is 10.4. The van der Waals surface area contributed by atoms with E-state index in [0.29, 0.717) is 11.6 Å². The van der Waals surface area contributed by atoms with Crippen molar-refractivity contribution >= 4 is 17.5 Å². The normalized spacial score (nSPS) is 32.4. The molecule has 1 saturated carbocycles. The second kappa shape index (κ2) is 7.69. The Labute approximate surface area is 165 Å². The first kappa shape index (κ1) is 19.2. The molecule has 1 unspecified atom stereocenters. The molecule has 1 spiro atoms. The van der Waals surface area contributed by atoms with Gasteiger partial charge >= 0.3 is 0 Å². The lowest BCUT2D eigenvalue weighted by Crippen LogP contribution is -2.62. The molecule has 1 aromatic carbocycles. The number of carbonyl (C=O) groups is 1. The number of rotatable bonds is 3. The van der Waals surface area contributed by atoms with Crippen LogP contribution in [0.5, 0.6) is 0 Å². The molecule has 148 valence electrons. The summed E-state index contributed by atoms with van der Waals surface area (Å²) in [6.07, 6.45) is 6.84. The molecule has 4 rings (SSSR count). The van der Waals surface area contributed by atoms with Gasteiger partial charge in [-0.25, -0.2) is 4.39 Å². The number of carbonyl (C=O) groups excluding carboxylic acids is 1. The molecule has 3 fully saturated rings. The van der Waals surface area contributed by atoms with E-state index in [-0.39, 0.29) is 23.9 Å². The number of aliphatic hydroxyl groups is 1. The molecular formula is C21H28ClFN2O2. The molecule has 2 aliphatic heterocycles. The van der Waals surface area contributed by atoms with Crippen LogP contribution in [0.15, 0.2) is 18.2 Å². The number of likely N-dealkylation sites (tertiary alicyclic amines) is 2. The molecule has 1 amide bonds. The number of piperidine rings is 1. The lowest BCUT2D eigenvalue weighted by molar-refractivity contribution is -0.152. The second-order valence-electron chi connectivity index (χ2n) is 8.36. The number of hydrogen-bond acceptors (Lipinski definition) is 3. The van der Waals surface area contributed by atoms with Gasteiger partial charge in [-0.2, -0.15) is 0 Å². The Bertz CT molecular complexity index is 707. The summed E-state index contributed by atoms with van der Waals surface area (Å²) < 4.78 is 13.7. The van der Waals surface area contributed by atoms with Crippen LogP contribution in [0.2, 0.25) is 5.02 Å². The van der Waals surface area contributed by atoms with E-state index in [4.69, 9.17) is 11.6 Å². The Morgan fingerprint density at radius 3 is 2.59 bits per heavy atom. The van der Waals surface area contributed by atoms with Crippen molar-refractivity contribution in [3.63, 3.8) is 0 Å². The van der Waals surface area contributed by atoms with E-state index in [9.17, 15) is 14.3 Å². The maximum absolute atomic E-state index is 13.7. The van der Waals surface area contributed by atoms with E-state index in [2.05, 4.69) is 9.80 Å². The van der Waals surface area contributed by atoms with E-state index in [0.717, 1.165) is 70.0 Å². The largest absolute Gasteiger partial charge is 0.393 e. The summed E-state index contributed by atoms with van der Waals surface area (Å²) in [7, 11) is 0. The van der Waals surface area contributed by atoms with Crippen molar-refractivity contribution < 1.29 is 14.3 Å². The molecule has 0 aromatic heterocycles. The van der Waals surface area contributed by atoms with Gasteiger partial charge in [0.05, 0.1) is 6.10 Å². The smallest absolute Gasteiger partial charge is 0.243 e. The summed E-state index contributed by atoms with van der Waals surface area (Å²) in [6.45, 7) is 2.17. The van der Waals surface area contributed by atoms with E-state index >= 15 is 0 Å². The fraction of sp³-hybridized carbons (Fsp3) is 0.667. The van der Waals surface area contributed by atoms with Crippen molar-refractivity contribution in [3.8, 4) is 0 Å². The zero-order chi connectivity index (χ0) is 19.0. The Morgan fingerprint density at radius 1 is 1.15 bits per heavy atom. The summed E-state index contributed by atoms with van der Waals surface area (Å²) >= 11 is 6.29. The quantitative estimate of drug-likeness (QED) is 0.849. The Morgan fingerprint density at radius 2 is 1.85 bits per heavy atom. The minimum atomic E-state index is -0.468. The summed E-state index contributed by atoms with van der Waals surface area (Å²) in [5.74, 6) is -0.0554. The molecule has 1 aromatic rings. The minimum absolute atomic E-state index is 0.215. The van der Waals surface area contributed by atoms with Crippen LogP contribution < -0.4 is 0 Å². The highest BCUT2D eigenvalue weighted by Crippen LogP contribution is 2.41. The highest BCUT2D eigenvalue weighted by Gasteiger charge is 2.52. The van der Waals surface area contributed by atoms with Gasteiger partial charge in [-0.05, 0) is 81.7 Å². The standard InChI is InChI=1S/C21H28ClFN2O2/c22-19-8-3-16(23)13-15(19)14-24-11-1-9-21(24)10-2-12-25(20(21)27)17-4-6-18(26)7-5-17/h3,8,13,17-18,26H,1-2,4-7,9-12,14H2. The van der Waals surface area contributed by atoms with Gasteiger partial charge in [0.25, 0.3) is 0 Å². The summed E-state index contributed by atoms with van der Waals surface area (Å²) in [6, 6.07) is 4.70. The molecule has 1 aliphatic carbocycles. The van der Waals surface area contributed by atoms with E-state index in [1.807, 2.05) is 0 Å². The molecular weight excluding hydrogens is 367 g/mol. The van der Waals surface area contributed by atoms with Crippen molar-refractivity contribution in [1.29, 1.82) is 0 Å². The first-order valence-corrected chi connectivity index (χ1v) is 10.6. The van der Waals surface area contributed by atoms with Gasteiger partial charge in [-0.3, -0.25) is 9.69 Å². The predicted octanol–water partition coefficient (Wildman–Crippen LogP) is 3.74. The van der Waals surface area contributed by atoms with Crippen LogP contribution in [0, 0.1) is 5.82 Å². The van der Waals surface area contributed by atoms with Crippen LogP contribution in [0.1, 0.15) is 56.9 Å². The molecule has 2 heterocycles. The molecule has 1 N–H and O–H groups in total. The van der Waals surface area contributed by atoms with Crippen molar-refractivity contribution in [2.24, 2.45) is 0 Å². The SMILES string of the molecule is O=C1N(C2CCC(O)CC2)CCCC12CCCN2Cc1cc(F)ccc1Cl. The topological polar surface area (TPSA) is 43.8 Å². The third-order valence-corrected chi connectivity index (χ3v) is 7.12. The fourth-order valence-corrected chi connectivity index (χ4v) is 5.47. The number of nitrogens with zero attached hydrogens (tertiary/aromatic N) is 2. The first-order valence-electron chi connectivity index (χ1n) is 10.2. The molecule has 3 aliphatic rings. The van der Waals surface area contributed by atoms with Crippen molar-refractivity contribution in [3.05, 3.63) is 34.6 Å². The molecule has 0 radical (unpaired) electrons. The van der Waals surface area contributed by atoms with Gasteiger partial charge in [0.1, 0.15) is 11.4 Å². The van der Waals surface area contributed by atoms with E-state index in [1.165, 1.54) is 12.1 Å². The zero-order valence-electron chi connectivity index (χ0n) is 15.7. The fourth-order valence-electron chi connectivity index (χ4n) is 5.30. The monoisotopic (exact) mass is 394 g/mol. The molecule has 6 heteroatoms. The highest BCUT2D eigenvalue weighted by molar-refractivity contribution is 6.31. The average Bonchev–Trinajstić information content (AvgIpc) is 3.05. The van der Waals surface area contributed by atoms with Gasteiger partial charge in [-0.15, -0.1) is 0 Å². The van der Waals surface area contributed by atoms with Crippen molar-refractivity contribution in [1.82, 2.24) is 9.80 Å². The third-order valence-electron chi connectivity index (χ3n) is 6.75. The highest BCUT2D eigenvalue weighted by atomic mass is 35.5. The van der Waals surface area contributed by atoms with Gasteiger partial charge in [-0.1, -0.05) is 11.6 Å². The molecule has 4 nitrogen and oxygen atoms in total. The van der Waals surface area contributed by atoms with Crippen LogP contribution in [0.25, 0.3) is 0 Å². The van der Waals surface area contributed by atoms with Crippen LogP contribution in [0.4, 0.5) is 4.39 Å². The Kier molecular flexibility index (Phi) is 5.45. The van der Waals surface area contributed by atoms with E-state index < -0.39 is 5.54 Å². The van der Waals surface area contributed by atoms with Crippen LogP contribution in [-0.2, 0) is 11.3 Å². The molecule has 0 bridgehead atoms. The van der Waals surface area contributed by atoms with Gasteiger partial charge in [0, 0.05) is 24.2 Å². The number of halogens is 2. The molecule has 2 saturated heterocycles. The van der Waals surface area contributed by atoms with Crippen LogP contribution >= 0.6 is 11.6 Å². The van der Waals surface area contributed by atoms with Crippen LogP contribution in [0.3, 0.4) is 0 Å². The maximum atomic E-state index is 13.7. The lowest BCUT2D eigenvalue weighted by Gasteiger charge is -2.48. The number of hydrogen-bond donors (Lipinski definition) is 1. The van der Waals surface area contributed by atoms with Gasteiger partial charge in [0.15, 0.2) is 0 Å². The van der Waals surface area contributed by atoms with E-state index in [1.54, 1.807) is 6.07 Å². The van der Waals surface area contributed by atoms with Gasteiger partial charge in [0.2, 0.25) is 5.91 Å². The van der Waals surface area contributed by atoms with Crippen molar-refractivity contribution in [2.75, 3.05) is 13.1 Å². The summed E-state index contributed by atoms with van der Waals surface area (Å²) in [4.78, 5) is 17.9. The third kappa shape index (κ3) is 3.62. The minimum Gasteiger partial charge on any atom is -0.393 e. The number of amides is 1. The van der Waals surface area contributed by atoms with Crippen LogP contribution in [-0.4, -0.2) is 51.6 Å². The Balaban J connectivity index is 1.54. The lowest BCUT2D eigenvalue weighted by atomic mass is 9.82. The van der Waals surface area contributed by atoms with Gasteiger partial charge < -0.3 is 10.0 Å². The predicted molar refractivity (Wildman–Crippen MR) is 103 cm³/mol.